The molecule has 0 fully saturated rings. The quantitative estimate of drug-likeness (QED) is 0.777. The highest BCUT2D eigenvalue weighted by molar-refractivity contribution is 5.21. The van der Waals surface area contributed by atoms with E-state index >= 15 is 0 Å². The van der Waals surface area contributed by atoms with E-state index in [1.165, 1.54) is 0 Å². The topological polar surface area (TPSA) is 50.9 Å². The molecule has 14 heavy (non-hydrogen) atoms. The zero-order valence-electron chi connectivity index (χ0n) is 7.67. The molecule has 4 heteroatoms. The summed E-state index contributed by atoms with van der Waals surface area (Å²) in [4.78, 5) is 4.16. The molecular formula is C10H11N3O. The Balaban J connectivity index is 2.25. The maximum absolute atomic E-state index is 8.75. The van der Waals surface area contributed by atoms with Gasteiger partial charge in [0.15, 0.2) is 5.82 Å². The summed E-state index contributed by atoms with van der Waals surface area (Å²) in [5, 5.41) is 12.9. The third kappa shape index (κ3) is 1.80. The number of pyridine rings is 1. The van der Waals surface area contributed by atoms with Gasteiger partial charge in [-0.15, -0.1) is 0 Å². The van der Waals surface area contributed by atoms with Crippen molar-refractivity contribution in [3.8, 4) is 5.82 Å². The second kappa shape index (κ2) is 4.02. The number of aromatic nitrogens is 3. The van der Waals surface area contributed by atoms with Crippen molar-refractivity contribution in [2.75, 3.05) is 6.61 Å². The molecule has 0 saturated carbocycles. The van der Waals surface area contributed by atoms with Gasteiger partial charge in [-0.05, 0) is 24.1 Å². The van der Waals surface area contributed by atoms with Crippen LogP contribution in [0.3, 0.4) is 0 Å². The summed E-state index contributed by atoms with van der Waals surface area (Å²) < 4.78 is 1.70. The number of rotatable bonds is 3. The van der Waals surface area contributed by atoms with Crippen LogP contribution in [0.4, 0.5) is 0 Å². The van der Waals surface area contributed by atoms with Crippen LogP contribution in [0, 0.1) is 0 Å². The predicted octanol–water partition coefficient (Wildman–Crippen LogP) is 0.802. The molecule has 4 nitrogen and oxygen atoms in total. The third-order valence-electron chi connectivity index (χ3n) is 1.92. The molecule has 0 atom stereocenters. The Bertz CT molecular complexity index is 397. The van der Waals surface area contributed by atoms with Crippen LogP contribution in [0.5, 0.6) is 0 Å². The maximum Gasteiger partial charge on any atom is 0.153 e. The van der Waals surface area contributed by atoms with Crippen LogP contribution >= 0.6 is 0 Å². The maximum atomic E-state index is 8.75. The first kappa shape index (κ1) is 8.90. The lowest BCUT2D eigenvalue weighted by molar-refractivity contribution is 0.299. The van der Waals surface area contributed by atoms with Crippen LogP contribution in [0.2, 0.25) is 0 Å². The van der Waals surface area contributed by atoms with E-state index in [1.54, 1.807) is 17.1 Å². The molecule has 0 aliphatic rings. The number of hydrogen-bond acceptors (Lipinski definition) is 3. The van der Waals surface area contributed by atoms with Crippen molar-refractivity contribution in [2.45, 2.75) is 6.42 Å². The molecule has 2 aromatic rings. The molecule has 0 aliphatic heterocycles. The number of aliphatic hydroxyl groups is 1. The lowest BCUT2D eigenvalue weighted by atomic mass is 10.3. The van der Waals surface area contributed by atoms with E-state index in [-0.39, 0.29) is 6.61 Å². The molecule has 0 radical (unpaired) electrons. The average Bonchev–Trinajstić information content (AvgIpc) is 2.68. The second-order valence-electron chi connectivity index (χ2n) is 2.95. The van der Waals surface area contributed by atoms with Crippen molar-refractivity contribution in [3.63, 3.8) is 0 Å². The Morgan fingerprint density at radius 3 is 3.00 bits per heavy atom. The second-order valence-corrected chi connectivity index (χ2v) is 2.95. The smallest absolute Gasteiger partial charge is 0.153 e. The summed E-state index contributed by atoms with van der Waals surface area (Å²) in [6, 6.07) is 5.66. The summed E-state index contributed by atoms with van der Waals surface area (Å²) >= 11 is 0. The fourth-order valence-corrected chi connectivity index (χ4v) is 1.23. The molecule has 0 spiro atoms. The van der Waals surface area contributed by atoms with E-state index in [2.05, 4.69) is 10.1 Å². The Morgan fingerprint density at radius 2 is 2.29 bits per heavy atom. The van der Waals surface area contributed by atoms with Gasteiger partial charge in [-0.1, -0.05) is 6.07 Å². The van der Waals surface area contributed by atoms with Crippen LogP contribution < -0.4 is 0 Å². The number of aliphatic hydroxyl groups excluding tert-OH is 1. The van der Waals surface area contributed by atoms with Gasteiger partial charge in [-0.25, -0.2) is 9.67 Å². The highest BCUT2D eigenvalue weighted by atomic mass is 16.2. The molecule has 2 rings (SSSR count). The van der Waals surface area contributed by atoms with Gasteiger partial charge in [-0.2, -0.15) is 5.10 Å². The van der Waals surface area contributed by atoms with E-state index in [0.717, 1.165) is 11.4 Å². The van der Waals surface area contributed by atoms with Crippen molar-refractivity contribution in [1.82, 2.24) is 14.8 Å². The van der Waals surface area contributed by atoms with Crippen molar-refractivity contribution in [2.24, 2.45) is 0 Å². The van der Waals surface area contributed by atoms with E-state index in [4.69, 9.17) is 5.11 Å². The highest BCUT2D eigenvalue weighted by Crippen LogP contribution is 2.04. The lowest BCUT2D eigenvalue weighted by Crippen LogP contribution is -1.96. The molecule has 1 N–H and O–H groups in total. The molecule has 72 valence electrons. The standard InChI is InChI=1S/C10H11N3O/c14-6-4-9-7-12-13(8-9)10-3-1-2-5-11-10/h1-3,5,7-8,14H,4,6H2. The summed E-state index contributed by atoms with van der Waals surface area (Å²) in [5.41, 5.74) is 1.01. The Labute approximate surface area is 81.8 Å². The van der Waals surface area contributed by atoms with Crippen molar-refractivity contribution in [1.29, 1.82) is 0 Å². The summed E-state index contributed by atoms with van der Waals surface area (Å²) in [5.74, 6) is 0.789. The normalized spacial score (nSPS) is 10.4. The fraction of sp³-hybridized carbons (Fsp3) is 0.200. The van der Waals surface area contributed by atoms with Crippen LogP contribution in [0.1, 0.15) is 5.56 Å². The molecule has 0 amide bonds. The van der Waals surface area contributed by atoms with Crippen LogP contribution in [0.15, 0.2) is 36.8 Å². The third-order valence-corrected chi connectivity index (χ3v) is 1.92. The van der Waals surface area contributed by atoms with Crippen molar-refractivity contribution in [3.05, 3.63) is 42.4 Å². The van der Waals surface area contributed by atoms with Crippen LogP contribution in [-0.4, -0.2) is 26.5 Å². The predicted molar refractivity (Wildman–Crippen MR) is 52.1 cm³/mol. The van der Waals surface area contributed by atoms with E-state index in [9.17, 15) is 0 Å². The summed E-state index contributed by atoms with van der Waals surface area (Å²) in [7, 11) is 0. The van der Waals surface area contributed by atoms with Gasteiger partial charge in [0.25, 0.3) is 0 Å². The van der Waals surface area contributed by atoms with Crippen LogP contribution in [0.25, 0.3) is 5.82 Å². The first-order valence-electron chi connectivity index (χ1n) is 4.46. The summed E-state index contributed by atoms with van der Waals surface area (Å²) in [6.07, 6.45) is 5.97. The van der Waals surface area contributed by atoms with Gasteiger partial charge in [0.1, 0.15) is 0 Å². The van der Waals surface area contributed by atoms with Gasteiger partial charge in [0, 0.05) is 19.0 Å². The van der Waals surface area contributed by atoms with Gasteiger partial charge < -0.3 is 5.11 Å². The molecule has 2 heterocycles. The highest BCUT2D eigenvalue weighted by Gasteiger charge is 1.99. The molecule has 0 saturated heterocycles. The minimum absolute atomic E-state index is 0.147. The Hall–Kier alpha value is -1.68. The van der Waals surface area contributed by atoms with Gasteiger partial charge in [-0.3, -0.25) is 0 Å². The fourth-order valence-electron chi connectivity index (χ4n) is 1.23. The number of nitrogens with zero attached hydrogens (tertiary/aromatic N) is 3. The molecular weight excluding hydrogens is 178 g/mol. The first-order chi connectivity index (χ1) is 6.90. The zero-order valence-corrected chi connectivity index (χ0v) is 7.67. The lowest BCUT2D eigenvalue weighted by Gasteiger charge is -1.97. The molecule has 0 aliphatic carbocycles. The zero-order chi connectivity index (χ0) is 9.80. The monoisotopic (exact) mass is 189 g/mol. The van der Waals surface area contributed by atoms with E-state index < -0.39 is 0 Å². The minimum Gasteiger partial charge on any atom is -0.396 e. The molecule has 0 aromatic carbocycles. The van der Waals surface area contributed by atoms with Gasteiger partial charge >= 0.3 is 0 Å². The summed E-state index contributed by atoms with van der Waals surface area (Å²) in [6.45, 7) is 0.147. The number of hydrogen-bond donors (Lipinski definition) is 1. The largest absolute Gasteiger partial charge is 0.396 e. The van der Waals surface area contributed by atoms with Crippen molar-refractivity contribution >= 4 is 0 Å². The first-order valence-corrected chi connectivity index (χ1v) is 4.46. The van der Waals surface area contributed by atoms with Gasteiger partial charge in [0.05, 0.1) is 6.20 Å². The van der Waals surface area contributed by atoms with E-state index in [1.807, 2.05) is 24.4 Å². The minimum atomic E-state index is 0.147. The van der Waals surface area contributed by atoms with Crippen LogP contribution in [-0.2, 0) is 6.42 Å². The van der Waals surface area contributed by atoms with Gasteiger partial charge in [0.2, 0.25) is 0 Å². The van der Waals surface area contributed by atoms with E-state index in [0.29, 0.717) is 6.42 Å². The molecule has 0 bridgehead atoms. The molecule has 2 aromatic heterocycles. The Kier molecular flexibility index (Phi) is 2.55. The molecule has 0 unspecified atom stereocenters. The Morgan fingerprint density at radius 1 is 1.36 bits per heavy atom. The average molecular weight is 189 g/mol. The van der Waals surface area contributed by atoms with Crippen molar-refractivity contribution < 1.29 is 5.11 Å². The SMILES string of the molecule is OCCc1cnn(-c2ccccn2)c1.